The lowest BCUT2D eigenvalue weighted by Gasteiger charge is -2.22. The molecule has 0 aliphatic carbocycles. The summed E-state index contributed by atoms with van der Waals surface area (Å²) >= 11 is 0. The van der Waals surface area contributed by atoms with Gasteiger partial charge in [0.05, 0.1) is 0 Å². The van der Waals surface area contributed by atoms with Gasteiger partial charge in [-0.25, -0.2) is 0 Å². The average molecular weight is 607 g/mol. The Morgan fingerprint density at radius 1 is 0.283 bits per heavy atom. The summed E-state index contributed by atoms with van der Waals surface area (Å²) in [4.78, 5) is 0. The van der Waals surface area contributed by atoms with Crippen molar-refractivity contribution in [1.82, 2.24) is 0 Å². The van der Waals surface area contributed by atoms with Crippen LogP contribution in [0.25, 0.3) is 54.9 Å². The number of rotatable bonds is 6. The largest absolute Gasteiger partial charge is 0.309 e. The van der Waals surface area contributed by atoms with E-state index >= 15 is 4.57 Å². The van der Waals surface area contributed by atoms with Crippen LogP contribution in [-0.2, 0) is 4.57 Å². The Bertz CT molecular complexity index is 2260. The summed E-state index contributed by atoms with van der Waals surface area (Å²) in [7, 11) is -3.13. The van der Waals surface area contributed by atoms with Gasteiger partial charge in [0.1, 0.15) is 0 Å². The van der Waals surface area contributed by atoms with Gasteiger partial charge in [0.15, 0.2) is 7.14 Å². The highest BCUT2D eigenvalue weighted by Gasteiger charge is 2.30. The minimum Gasteiger partial charge on any atom is -0.309 e. The maximum Gasteiger partial charge on any atom is 0.171 e. The molecule has 0 atom stereocenters. The molecule has 0 saturated carbocycles. The normalized spacial score (nSPS) is 11.6. The van der Waals surface area contributed by atoms with Crippen LogP contribution in [0.4, 0.5) is 0 Å². The van der Waals surface area contributed by atoms with Gasteiger partial charge in [0.2, 0.25) is 0 Å². The van der Waals surface area contributed by atoms with Crippen LogP contribution < -0.4 is 15.9 Å². The van der Waals surface area contributed by atoms with Crippen molar-refractivity contribution in [2.24, 2.45) is 0 Å². The van der Waals surface area contributed by atoms with Crippen molar-refractivity contribution in [1.29, 1.82) is 0 Å². The van der Waals surface area contributed by atoms with Crippen molar-refractivity contribution in [3.8, 4) is 33.4 Å². The standard InChI is InChI=1S/C44H31OP/c45-46(36-18-6-2-7-19-36,37-20-8-3-9-21-37)38-22-14-17-35(31-38)44-41-25-12-10-23-39(41)43(40-24-11-13-26-42(40)44)34-29-27-33(28-30-34)32-15-4-1-5-16-32/h1-31H. The highest BCUT2D eigenvalue weighted by atomic mass is 31.2. The fraction of sp³-hybridized carbons (Fsp3) is 0. The van der Waals surface area contributed by atoms with E-state index in [0.29, 0.717) is 0 Å². The summed E-state index contributed by atoms with van der Waals surface area (Å²) in [5.41, 5.74) is 7.04. The van der Waals surface area contributed by atoms with Crippen LogP contribution in [0.2, 0.25) is 0 Å². The Balaban J connectivity index is 1.35. The minimum atomic E-state index is -3.13. The van der Waals surface area contributed by atoms with Gasteiger partial charge in [-0.1, -0.05) is 182 Å². The fourth-order valence-corrected chi connectivity index (χ4v) is 9.49. The first-order valence-electron chi connectivity index (χ1n) is 15.6. The first kappa shape index (κ1) is 28.0. The molecule has 0 fully saturated rings. The third-order valence-electron chi connectivity index (χ3n) is 8.95. The Morgan fingerprint density at radius 2 is 0.630 bits per heavy atom. The second-order valence-electron chi connectivity index (χ2n) is 11.6. The van der Waals surface area contributed by atoms with Gasteiger partial charge in [-0.2, -0.15) is 0 Å². The second kappa shape index (κ2) is 11.8. The summed E-state index contributed by atoms with van der Waals surface area (Å²) in [6.07, 6.45) is 0. The van der Waals surface area contributed by atoms with E-state index in [4.69, 9.17) is 0 Å². The van der Waals surface area contributed by atoms with E-state index in [9.17, 15) is 0 Å². The predicted octanol–water partition coefficient (Wildman–Crippen LogP) is 10.6. The highest BCUT2D eigenvalue weighted by molar-refractivity contribution is 7.85. The number of fused-ring (bicyclic) bond motifs is 2. The molecule has 0 saturated heterocycles. The zero-order valence-electron chi connectivity index (χ0n) is 25.3. The van der Waals surface area contributed by atoms with Crippen LogP contribution in [0.15, 0.2) is 188 Å². The first-order valence-corrected chi connectivity index (χ1v) is 17.3. The number of hydrogen-bond donors (Lipinski definition) is 0. The van der Waals surface area contributed by atoms with Crippen molar-refractivity contribution >= 4 is 44.6 Å². The van der Waals surface area contributed by atoms with Crippen LogP contribution in [0.1, 0.15) is 0 Å². The molecule has 8 aromatic rings. The molecule has 0 aromatic heterocycles. The molecule has 0 heterocycles. The molecular formula is C44H31OP. The van der Waals surface area contributed by atoms with Crippen molar-refractivity contribution in [3.63, 3.8) is 0 Å². The molecule has 0 bridgehead atoms. The van der Waals surface area contributed by atoms with Crippen molar-refractivity contribution in [2.75, 3.05) is 0 Å². The van der Waals surface area contributed by atoms with Crippen molar-refractivity contribution in [3.05, 3.63) is 188 Å². The third kappa shape index (κ3) is 4.78. The van der Waals surface area contributed by atoms with Crippen LogP contribution in [0.5, 0.6) is 0 Å². The van der Waals surface area contributed by atoms with E-state index in [2.05, 4.69) is 121 Å². The quantitative estimate of drug-likeness (QED) is 0.136. The summed E-state index contributed by atoms with van der Waals surface area (Å²) in [5.74, 6) is 0. The molecule has 0 aliphatic rings. The van der Waals surface area contributed by atoms with Gasteiger partial charge in [0, 0.05) is 15.9 Å². The molecule has 0 aliphatic heterocycles. The Labute approximate surface area is 269 Å². The van der Waals surface area contributed by atoms with Gasteiger partial charge >= 0.3 is 0 Å². The second-order valence-corrected chi connectivity index (χ2v) is 14.4. The molecule has 46 heavy (non-hydrogen) atoms. The Hall–Kier alpha value is -5.49. The minimum absolute atomic E-state index is 0.830. The predicted molar refractivity (Wildman–Crippen MR) is 197 cm³/mol. The van der Waals surface area contributed by atoms with Gasteiger partial charge in [0.25, 0.3) is 0 Å². The molecule has 0 spiro atoms. The van der Waals surface area contributed by atoms with E-state index in [1.54, 1.807) is 0 Å². The molecule has 218 valence electrons. The third-order valence-corrected chi connectivity index (χ3v) is 12.0. The molecule has 1 nitrogen and oxygen atoms in total. The Morgan fingerprint density at radius 3 is 1.13 bits per heavy atom. The number of hydrogen-bond acceptors (Lipinski definition) is 1. The molecule has 0 N–H and O–H groups in total. The lowest BCUT2D eigenvalue weighted by atomic mass is 9.86. The summed E-state index contributed by atoms with van der Waals surface area (Å²) in [6.45, 7) is 0. The van der Waals surface area contributed by atoms with E-state index in [0.717, 1.165) is 27.0 Å². The molecule has 0 radical (unpaired) electrons. The topological polar surface area (TPSA) is 17.1 Å². The monoisotopic (exact) mass is 606 g/mol. The molecule has 8 rings (SSSR count). The average Bonchev–Trinajstić information content (AvgIpc) is 3.14. The van der Waals surface area contributed by atoms with Crippen LogP contribution in [0, 0.1) is 0 Å². The molecular weight excluding hydrogens is 575 g/mol. The van der Waals surface area contributed by atoms with Crippen LogP contribution >= 0.6 is 7.14 Å². The van der Waals surface area contributed by atoms with Gasteiger partial charge in [-0.05, 0) is 61.0 Å². The first-order chi connectivity index (χ1) is 22.7. The molecule has 0 amide bonds. The summed E-state index contributed by atoms with van der Waals surface area (Å²) in [6, 6.07) is 65.0. The summed E-state index contributed by atoms with van der Waals surface area (Å²) < 4.78 is 15.3. The van der Waals surface area contributed by atoms with Crippen molar-refractivity contribution in [2.45, 2.75) is 0 Å². The van der Waals surface area contributed by atoms with E-state index in [-0.39, 0.29) is 0 Å². The van der Waals surface area contributed by atoms with Crippen molar-refractivity contribution < 1.29 is 4.57 Å². The highest BCUT2D eigenvalue weighted by Crippen LogP contribution is 2.46. The molecule has 0 unspecified atom stereocenters. The van der Waals surface area contributed by atoms with Crippen LogP contribution in [0.3, 0.4) is 0 Å². The van der Waals surface area contributed by atoms with Crippen LogP contribution in [-0.4, -0.2) is 0 Å². The SMILES string of the molecule is O=P(c1ccccc1)(c1ccccc1)c1cccc(-c2c3ccccc3c(-c3ccc(-c4ccccc4)cc3)c3ccccc23)c1. The lowest BCUT2D eigenvalue weighted by molar-refractivity contribution is 0.592. The van der Waals surface area contributed by atoms with Gasteiger partial charge in [-0.3, -0.25) is 0 Å². The maximum atomic E-state index is 15.3. The smallest absolute Gasteiger partial charge is 0.171 e. The van der Waals surface area contributed by atoms with Gasteiger partial charge in [-0.15, -0.1) is 0 Å². The lowest BCUT2D eigenvalue weighted by Crippen LogP contribution is -2.25. The summed E-state index contributed by atoms with van der Waals surface area (Å²) in [5, 5.41) is 7.25. The zero-order valence-corrected chi connectivity index (χ0v) is 26.1. The Kier molecular flexibility index (Phi) is 7.18. The van der Waals surface area contributed by atoms with Gasteiger partial charge < -0.3 is 4.57 Å². The zero-order chi connectivity index (χ0) is 30.9. The van der Waals surface area contributed by atoms with E-state index in [1.165, 1.54) is 43.8 Å². The molecule has 2 heteroatoms. The van der Waals surface area contributed by atoms with E-state index in [1.807, 2.05) is 66.7 Å². The number of benzene rings is 8. The fourth-order valence-electron chi connectivity index (χ4n) is 6.79. The van der Waals surface area contributed by atoms with E-state index < -0.39 is 7.14 Å². The molecule has 8 aromatic carbocycles. The maximum absolute atomic E-state index is 15.3.